The number of thiazole rings is 1. The molecule has 0 radical (unpaired) electrons. The van der Waals surface area contributed by atoms with Gasteiger partial charge in [-0.2, -0.15) is 0 Å². The summed E-state index contributed by atoms with van der Waals surface area (Å²) in [7, 11) is 0. The van der Waals surface area contributed by atoms with Gasteiger partial charge in [0.1, 0.15) is 0 Å². The zero-order chi connectivity index (χ0) is 12.4. The van der Waals surface area contributed by atoms with Crippen molar-refractivity contribution in [3.05, 3.63) is 45.4 Å². The summed E-state index contributed by atoms with van der Waals surface area (Å²) in [4.78, 5) is 5.63. The molecule has 0 fully saturated rings. The van der Waals surface area contributed by atoms with Gasteiger partial charge in [-0.05, 0) is 23.6 Å². The van der Waals surface area contributed by atoms with E-state index in [1.54, 1.807) is 11.3 Å². The molecule has 17 heavy (non-hydrogen) atoms. The van der Waals surface area contributed by atoms with E-state index in [1.165, 1.54) is 10.4 Å². The van der Waals surface area contributed by atoms with Crippen LogP contribution in [0.2, 0.25) is 5.02 Å². The lowest BCUT2D eigenvalue weighted by Crippen LogP contribution is -1.95. The third-order valence-electron chi connectivity index (χ3n) is 2.54. The average Bonchev–Trinajstić information content (AvgIpc) is 2.59. The van der Waals surface area contributed by atoms with Crippen LogP contribution in [0.3, 0.4) is 0 Å². The molecule has 1 heterocycles. The lowest BCUT2D eigenvalue weighted by Gasteiger charge is -2.05. The molecule has 2 N–H and O–H groups in total. The highest BCUT2D eigenvalue weighted by Gasteiger charge is 2.13. The molecule has 0 bridgehead atoms. The van der Waals surface area contributed by atoms with Crippen molar-refractivity contribution in [3.63, 3.8) is 0 Å². The highest BCUT2D eigenvalue weighted by molar-refractivity contribution is 7.15. The van der Waals surface area contributed by atoms with Crippen molar-refractivity contribution in [2.45, 2.75) is 26.2 Å². The van der Waals surface area contributed by atoms with Crippen LogP contribution < -0.4 is 5.73 Å². The molecule has 0 aliphatic rings. The number of benzene rings is 1. The van der Waals surface area contributed by atoms with Gasteiger partial charge in [0, 0.05) is 16.3 Å². The lowest BCUT2D eigenvalue weighted by atomic mass is 10.0. The van der Waals surface area contributed by atoms with Gasteiger partial charge in [-0.3, -0.25) is 0 Å². The predicted octanol–water partition coefficient (Wildman–Crippen LogP) is 4.09. The topological polar surface area (TPSA) is 38.9 Å². The van der Waals surface area contributed by atoms with E-state index in [-0.39, 0.29) is 0 Å². The minimum absolute atomic E-state index is 0.401. The molecule has 0 aliphatic heterocycles. The van der Waals surface area contributed by atoms with Crippen molar-refractivity contribution in [2.75, 3.05) is 5.73 Å². The smallest absolute Gasteiger partial charge is 0.180 e. The van der Waals surface area contributed by atoms with E-state index >= 15 is 0 Å². The van der Waals surface area contributed by atoms with Crippen molar-refractivity contribution in [1.82, 2.24) is 4.98 Å². The Kier molecular flexibility index (Phi) is 3.69. The zero-order valence-electron chi connectivity index (χ0n) is 9.90. The fourth-order valence-electron chi connectivity index (χ4n) is 1.79. The SMILES string of the molecule is CC(C)c1nc(N)sc1Cc1cccc(Cl)c1. The molecule has 2 aromatic rings. The van der Waals surface area contributed by atoms with Crippen LogP contribution in [0.15, 0.2) is 24.3 Å². The second-order valence-electron chi connectivity index (χ2n) is 4.32. The molecule has 0 saturated carbocycles. The minimum atomic E-state index is 0.401. The Morgan fingerprint density at radius 1 is 1.41 bits per heavy atom. The third kappa shape index (κ3) is 2.99. The summed E-state index contributed by atoms with van der Waals surface area (Å²) < 4.78 is 0. The summed E-state index contributed by atoms with van der Waals surface area (Å²) in [5.74, 6) is 0.401. The summed E-state index contributed by atoms with van der Waals surface area (Å²) in [6.07, 6.45) is 0.850. The van der Waals surface area contributed by atoms with Crippen LogP contribution in [-0.4, -0.2) is 4.98 Å². The first-order chi connectivity index (χ1) is 8.06. The number of anilines is 1. The largest absolute Gasteiger partial charge is 0.375 e. The Balaban J connectivity index is 2.29. The molecule has 0 unspecified atom stereocenters. The second-order valence-corrected chi connectivity index (χ2v) is 5.87. The maximum absolute atomic E-state index is 5.98. The molecular weight excluding hydrogens is 252 g/mol. The molecule has 90 valence electrons. The third-order valence-corrected chi connectivity index (χ3v) is 3.68. The molecule has 1 aromatic carbocycles. The Morgan fingerprint density at radius 2 is 2.18 bits per heavy atom. The van der Waals surface area contributed by atoms with E-state index in [9.17, 15) is 0 Å². The number of nitrogen functional groups attached to an aromatic ring is 1. The number of hydrogen-bond donors (Lipinski definition) is 1. The van der Waals surface area contributed by atoms with Gasteiger partial charge in [0.25, 0.3) is 0 Å². The first-order valence-corrected chi connectivity index (χ1v) is 6.75. The van der Waals surface area contributed by atoms with Gasteiger partial charge in [-0.15, -0.1) is 11.3 Å². The van der Waals surface area contributed by atoms with Gasteiger partial charge in [0.05, 0.1) is 5.69 Å². The van der Waals surface area contributed by atoms with Crippen LogP contribution in [0.4, 0.5) is 5.13 Å². The molecule has 0 spiro atoms. The molecule has 0 saturated heterocycles. The number of rotatable bonds is 3. The Bertz CT molecular complexity index is 520. The Hall–Kier alpha value is -1.06. The summed E-state index contributed by atoms with van der Waals surface area (Å²) in [6, 6.07) is 7.92. The maximum Gasteiger partial charge on any atom is 0.180 e. The van der Waals surface area contributed by atoms with Gasteiger partial charge >= 0.3 is 0 Å². The quantitative estimate of drug-likeness (QED) is 0.909. The summed E-state index contributed by atoms with van der Waals surface area (Å²) in [5.41, 5.74) is 8.08. The first kappa shape index (κ1) is 12.4. The maximum atomic E-state index is 5.98. The van der Waals surface area contributed by atoms with Crippen LogP contribution in [0.25, 0.3) is 0 Å². The van der Waals surface area contributed by atoms with E-state index in [4.69, 9.17) is 17.3 Å². The van der Waals surface area contributed by atoms with Crippen molar-refractivity contribution >= 4 is 28.1 Å². The van der Waals surface area contributed by atoms with Crippen LogP contribution in [0, 0.1) is 0 Å². The monoisotopic (exact) mass is 266 g/mol. The number of aromatic nitrogens is 1. The van der Waals surface area contributed by atoms with Gasteiger partial charge < -0.3 is 5.73 Å². The molecule has 1 aromatic heterocycles. The minimum Gasteiger partial charge on any atom is -0.375 e. The van der Waals surface area contributed by atoms with Crippen LogP contribution in [-0.2, 0) is 6.42 Å². The van der Waals surface area contributed by atoms with E-state index in [2.05, 4.69) is 24.9 Å². The van der Waals surface area contributed by atoms with Gasteiger partial charge in [-0.1, -0.05) is 37.6 Å². The number of hydrogen-bond acceptors (Lipinski definition) is 3. The zero-order valence-corrected chi connectivity index (χ0v) is 11.5. The lowest BCUT2D eigenvalue weighted by molar-refractivity contribution is 0.820. The van der Waals surface area contributed by atoms with Crippen molar-refractivity contribution < 1.29 is 0 Å². The van der Waals surface area contributed by atoms with E-state index in [0.717, 1.165) is 17.1 Å². The highest BCUT2D eigenvalue weighted by Crippen LogP contribution is 2.29. The number of nitrogens with two attached hydrogens (primary N) is 1. The van der Waals surface area contributed by atoms with Gasteiger partial charge in [-0.25, -0.2) is 4.98 Å². The predicted molar refractivity (Wildman–Crippen MR) is 74.9 cm³/mol. The van der Waals surface area contributed by atoms with Crippen molar-refractivity contribution in [2.24, 2.45) is 0 Å². The fraction of sp³-hybridized carbons (Fsp3) is 0.308. The Morgan fingerprint density at radius 3 is 2.82 bits per heavy atom. The standard InChI is InChI=1S/C13H15ClN2S/c1-8(2)12-11(17-13(15)16-12)7-9-4-3-5-10(14)6-9/h3-6,8H,7H2,1-2H3,(H2,15,16). The van der Waals surface area contributed by atoms with E-state index in [0.29, 0.717) is 11.0 Å². The van der Waals surface area contributed by atoms with E-state index in [1.807, 2.05) is 18.2 Å². The first-order valence-electron chi connectivity index (χ1n) is 5.55. The van der Waals surface area contributed by atoms with Crippen LogP contribution in [0.1, 0.15) is 35.9 Å². The molecule has 2 rings (SSSR count). The number of nitrogens with zero attached hydrogens (tertiary/aromatic N) is 1. The molecule has 0 aliphatic carbocycles. The summed E-state index contributed by atoms with van der Waals surface area (Å²) >= 11 is 7.55. The molecule has 2 nitrogen and oxygen atoms in total. The highest BCUT2D eigenvalue weighted by atomic mass is 35.5. The second kappa shape index (κ2) is 5.07. The van der Waals surface area contributed by atoms with Crippen molar-refractivity contribution in [3.8, 4) is 0 Å². The van der Waals surface area contributed by atoms with Crippen LogP contribution >= 0.6 is 22.9 Å². The average molecular weight is 267 g/mol. The Labute approximate surface area is 110 Å². The van der Waals surface area contributed by atoms with Gasteiger partial charge in [0.15, 0.2) is 5.13 Å². The number of halogens is 1. The van der Waals surface area contributed by atoms with Gasteiger partial charge in [0.2, 0.25) is 0 Å². The summed E-state index contributed by atoms with van der Waals surface area (Å²) in [6.45, 7) is 4.27. The fourth-order valence-corrected chi connectivity index (χ4v) is 3.03. The molecule has 0 atom stereocenters. The molecule has 4 heteroatoms. The van der Waals surface area contributed by atoms with Crippen molar-refractivity contribution in [1.29, 1.82) is 0 Å². The molecular formula is C13H15ClN2S. The van der Waals surface area contributed by atoms with Crippen LogP contribution in [0.5, 0.6) is 0 Å². The van der Waals surface area contributed by atoms with E-state index < -0.39 is 0 Å². The summed E-state index contributed by atoms with van der Waals surface area (Å²) in [5, 5.41) is 1.41. The molecule has 0 amide bonds. The normalized spacial score (nSPS) is 11.1.